The zero-order valence-electron chi connectivity index (χ0n) is 35.8. The van der Waals surface area contributed by atoms with Gasteiger partial charge in [0.25, 0.3) is 0 Å². The van der Waals surface area contributed by atoms with Crippen LogP contribution >= 0.6 is 0 Å². The second kappa shape index (κ2) is 15.8. The quantitative estimate of drug-likeness (QED) is 0.156. The van der Waals surface area contributed by atoms with Crippen LogP contribution < -0.4 is 0 Å². The number of para-hydroxylation sites is 2. The molecule has 2 heterocycles. The maximum absolute atomic E-state index is 15.2. The Bertz CT molecular complexity index is 3950. The van der Waals surface area contributed by atoms with Crippen LogP contribution in [0.4, 0.5) is 18.9 Å². The minimum Gasteiger partial charge on any atom is -0.309 e. The normalized spacial score (nSPS) is 11.5. The summed E-state index contributed by atoms with van der Waals surface area (Å²) in [6.07, 6.45) is -4.66. The molecule has 5 nitrogen and oxygen atoms in total. The Morgan fingerprint density at radius 3 is 1.64 bits per heavy atom. The fraction of sp³-hybridized carbons (Fsp3) is 0.0339. The zero-order chi connectivity index (χ0) is 46.0. The maximum atomic E-state index is 15.2. The van der Waals surface area contributed by atoms with E-state index in [1.807, 2.05) is 91.0 Å². The number of hydrogen-bond donors (Lipinski definition) is 0. The number of alkyl halides is 3. The number of fused-ring (bicyclic) bond motifs is 6. The number of nitrogens with zero attached hydrogens (tertiary/aromatic N) is 5. The number of aromatic nitrogens is 2. The van der Waals surface area contributed by atoms with Gasteiger partial charge in [0.05, 0.1) is 63.2 Å². The van der Waals surface area contributed by atoms with Gasteiger partial charge in [-0.15, -0.1) is 0 Å². The number of nitriles is 2. The number of hydrogen-bond acceptors (Lipinski definition) is 2. The van der Waals surface area contributed by atoms with Crippen LogP contribution in [0.1, 0.15) is 22.3 Å². The first-order valence-electron chi connectivity index (χ1n) is 21.5. The van der Waals surface area contributed by atoms with Crippen LogP contribution in [-0.2, 0) is 6.18 Å². The molecule has 11 rings (SSSR count). The lowest BCUT2D eigenvalue weighted by molar-refractivity contribution is -0.137. The van der Waals surface area contributed by atoms with Gasteiger partial charge in [0.2, 0.25) is 0 Å². The molecule has 0 amide bonds. The van der Waals surface area contributed by atoms with Crippen LogP contribution in [0.3, 0.4) is 0 Å². The van der Waals surface area contributed by atoms with Gasteiger partial charge in [-0.05, 0) is 136 Å². The van der Waals surface area contributed by atoms with E-state index < -0.39 is 11.7 Å². The topological polar surface area (TPSA) is 61.8 Å². The molecule has 0 saturated carbocycles. The van der Waals surface area contributed by atoms with Crippen LogP contribution in [0.25, 0.3) is 104 Å². The van der Waals surface area contributed by atoms with Crippen molar-refractivity contribution in [3.8, 4) is 68.0 Å². The molecule has 67 heavy (non-hydrogen) atoms. The molecule has 0 atom stereocenters. The van der Waals surface area contributed by atoms with Gasteiger partial charge in [0, 0.05) is 32.8 Å². The molecule has 0 radical (unpaired) electrons. The lowest BCUT2D eigenvalue weighted by Gasteiger charge is -2.22. The second-order valence-electron chi connectivity index (χ2n) is 16.6. The smallest absolute Gasteiger partial charge is 0.309 e. The van der Waals surface area contributed by atoms with E-state index in [2.05, 4.69) is 62.5 Å². The van der Waals surface area contributed by atoms with E-state index >= 15 is 13.2 Å². The first-order chi connectivity index (χ1) is 32.6. The monoisotopic (exact) mass is 869 g/mol. The summed E-state index contributed by atoms with van der Waals surface area (Å²) in [5.41, 5.74) is 11.6. The first kappa shape index (κ1) is 40.6. The third-order valence-electron chi connectivity index (χ3n) is 12.8. The second-order valence-corrected chi connectivity index (χ2v) is 16.6. The molecular weight excluding hydrogens is 836 g/mol. The number of rotatable bonds is 6. The lowest BCUT2D eigenvalue weighted by atomic mass is 9.87. The van der Waals surface area contributed by atoms with Gasteiger partial charge < -0.3 is 9.13 Å². The lowest BCUT2D eigenvalue weighted by Crippen LogP contribution is -2.09. The molecule has 0 aliphatic rings. The van der Waals surface area contributed by atoms with Gasteiger partial charge in [0.1, 0.15) is 0 Å². The van der Waals surface area contributed by atoms with Gasteiger partial charge in [-0.1, -0.05) is 103 Å². The van der Waals surface area contributed by atoms with Gasteiger partial charge in [-0.3, -0.25) is 0 Å². The average Bonchev–Trinajstić information content (AvgIpc) is 3.88. The SMILES string of the molecule is [C-]#[N+]c1ccc(-c2ccc3c(c2)c2ccccc2n3-c2ccc(-c3c(C)cccc3C(F)(F)F)c(-c3cc(C#N)ccc3-n3c4ccccc4c4cc(-c5ccc(C#N)cc5)ccc43)c2)cc1. The fourth-order valence-corrected chi connectivity index (χ4v) is 9.70. The van der Waals surface area contributed by atoms with E-state index in [-0.39, 0.29) is 5.56 Å². The Morgan fingerprint density at radius 2 is 1.03 bits per heavy atom. The van der Waals surface area contributed by atoms with Gasteiger partial charge in [0.15, 0.2) is 5.69 Å². The molecule has 0 aliphatic carbocycles. The number of halogens is 3. The van der Waals surface area contributed by atoms with Gasteiger partial charge in [-0.2, -0.15) is 23.7 Å². The van der Waals surface area contributed by atoms with Crippen LogP contribution in [0.5, 0.6) is 0 Å². The zero-order valence-corrected chi connectivity index (χ0v) is 35.8. The number of benzene rings is 9. The van der Waals surface area contributed by atoms with Crippen LogP contribution in [0, 0.1) is 36.2 Å². The van der Waals surface area contributed by atoms with Crippen molar-refractivity contribution >= 4 is 49.3 Å². The van der Waals surface area contributed by atoms with Crippen molar-refractivity contribution in [2.24, 2.45) is 0 Å². The minimum absolute atomic E-state index is 0.0650. The summed E-state index contributed by atoms with van der Waals surface area (Å²) >= 11 is 0. The molecule has 0 spiro atoms. The molecule has 2 aromatic heterocycles. The molecule has 0 unspecified atom stereocenters. The third kappa shape index (κ3) is 6.78. The highest BCUT2D eigenvalue weighted by molar-refractivity contribution is 6.12. The summed E-state index contributed by atoms with van der Waals surface area (Å²) in [6, 6.07) is 63.4. The Morgan fingerprint density at radius 1 is 0.478 bits per heavy atom. The summed E-state index contributed by atoms with van der Waals surface area (Å²) in [5, 5.41) is 23.8. The molecule has 9 aromatic carbocycles. The van der Waals surface area contributed by atoms with Crippen LogP contribution in [0.2, 0.25) is 0 Å². The molecular formula is C59H34F3N5. The van der Waals surface area contributed by atoms with Crippen LogP contribution in [-0.4, -0.2) is 9.13 Å². The standard InChI is InChI=1S/C59H34F3N5/c1-36-8-7-11-52(59(60,61)62)58(36)47-26-25-44(66-53-12-5-3-9-45(53)50-31-42(21-28-55(50)66)40-19-23-43(65-2)24-20-40)33-48(47)49-30-38(35-64)16-27-56(49)67-54-13-6-4-10-46(54)51-32-41(22-29-57(51)67)39-17-14-37(34-63)15-18-39/h3-33H,1H3. The molecule has 8 heteroatoms. The highest BCUT2D eigenvalue weighted by Crippen LogP contribution is 2.47. The van der Waals surface area contributed by atoms with Crippen molar-refractivity contribution in [1.29, 1.82) is 10.5 Å². The average molecular weight is 870 g/mol. The van der Waals surface area contributed by atoms with Gasteiger partial charge in [-0.25, -0.2) is 4.85 Å². The van der Waals surface area contributed by atoms with Crippen molar-refractivity contribution in [2.45, 2.75) is 13.1 Å². The largest absolute Gasteiger partial charge is 0.417 e. The summed E-state index contributed by atoms with van der Waals surface area (Å²) in [6.45, 7) is 9.11. The van der Waals surface area contributed by atoms with E-state index in [0.717, 1.165) is 77.6 Å². The predicted octanol–water partition coefficient (Wildman–Crippen LogP) is 16.2. The highest BCUT2D eigenvalue weighted by atomic mass is 19.4. The number of aryl methyl sites for hydroxylation is 1. The van der Waals surface area contributed by atoms with Gasteiger partial charge >= 0.3 is 6.18 Å². The summed E-state index contributed by atoms with van der Waals surface area (Å²) in [5.74, 6) is 0. The Kier molecular flexibility index (Phi) is 9.59. The third-order valence-corrected chi connectivity index (χ3v) is 12.8. The van der Waals surface area contributed by atoms with Crippen molar-refractivity contribution in [3.63, 3.8) is 0 Å². The maximum Gasteiger partial charge on any atom is 0.417 e. The molecule has 11 aromatic rings. The van der Waals surface area contributed by atoms with Crippen molar-refractivity contribution < 1.29 is 13.2 Å². The van der Waals surface area contributed by atoms with Crippen molar-refractivity contribution in [2.75, 3.05) is 0 Å². The molecule has 0 aliphatic heterocycles. The van der Waals surface area contributed by atoms with E-state index in [0.29, 0.717) is 44.8 Å². The van der Waals surface area contributed by atoms with Crippen molar-refractivity contribution in [1.82, 2.24) is 9.13 Å². The Balaban J connectivity index is 1.20. The Hall–Kier alpha value is -9.16. The summed E-state index contributed by atoms with van der Waals surface area (Å²) < 4.78 is 49.8. The predicted molar refractivity (Wildman–Crippen MR) is 262 cm³/mol. The molecule has 316 valence electrons. The highest BCUT2D eigenvalue weighted by Gasteiger charge is 2.35. The van der Waals surface area contributed by atoms with E-state index in [9.17, 15) is 10.5 Å². The molecule has 0 fully saturated rings. The molecule has 0 bridgehead atoms. The minimum atomic E-state index is -4.66. The van der Waals surface area contributed by atoms with Crippen LogP contribution in [0.15, 0.2) is 188 Å². The van der Waals surface area contributed by atoms with E-state index in [1.54, 1.807) is 55.5 Å². The first-order valence-corrected chi connectivity index (χ1v) is 21.5. The van der Waals surface area contributed by atoms with E-state index in [4.69, 9.17) is 6.57 Å². The van der Waals surface area contributed by atoms with E-state index in [1.165, 1.54) is 6.07 Å². The summed E-state index contributed by atoms with van der Waals surface area (Å²) in [4.78, 5) is 3.55. The fourth-order valence-electron chi connectivity index (χ4n) is 9.70. The molecule has 0 N–H and O–H groups in total. The molecule has 0 saturated heterocycles. The van der Waals surface area contributed by atoms with Crippen molar-refractivity contribution in [3.05, 3.63) is 222 Å². The summed E-state index contributed by atoms with van der Waals surface area (Å²) in [7, 11) is 0. The Labute approximate surface area is 383 Å².